The zero-order valence-electron chi connectivity index (χ0n) is 9.43. The molecule has 1 atom stereocenters. The van der Waals surface area contributed by atoms with E-state index in [4.69, 9.17) is 9.84 Å². The highest BCUT2D eigenvalue weighted by Gasteiger charge is 2.19. The number of hydrogen-bond donors (Lipinski definition) is 2. The third-order valence-corrected chi connectivity index (χ3v) is 2.45. The van der Waals surface area contributed by atoms with Crippen molar-refractivity contribution >= 4 is 0 Å². The Labute approximate surface area is 89.8 Å². The summed E-state index contributed by atoms with van der Waals surface area (Å²) in [6.45, 7) is 5.06. The number of ether oxygens (including phenoxy) is 1. The summed E-state index contributed by atoms with van der Waals surface area (Å²) in [6, 6.07) is 0. The van der Waals surface area contributed by atoms with Crippen LogP contribution in [0.15, 0.2) is 0 Å². The lowest BCUT2D eigenvalue weighted by molar-refractivity contribution is 0.0178. The first-order valence-electron chi connectivity index (χ1n) is 5.21. The molecule has 0 aliphatic rings. The first-order chi connectivity index (χ1) is 7.04. The van der Waals surface area contributed by atoms with Crippen LogP contribution in [0.4, 0.5) is 8.78 Å². The number of aliphatic hydroxyl groups excluding tert-OH is 1. The molecule has 0 spiro atoms. The smallest absolute Gasteiger partial charge is 0.261 e. The Morgan fingerprint density at radius 3 is 2.60 bits per heavy atom. The van der Waals surface area contributed by atoms with Gasteiger partial charge in [0.15, 0.2) is 0 Å². The van der Waals surface area contributed by atoms with Crippen molar-refractivity contribution < 1.29 is 18.6 Å². The van der Waals surface area contributed by atoms with Crippen molar-refractivity contribution in [1.82, 2.24) is 5.32 Å². The summed E-state index contributed by atoms with van der Waals surface area (Å²) >= 11 is 0. The Morgan fingerprint density at radius 2 is 2.13 bits per heavy atom. The van der Waals surface area contributed by atoms with Gasteiger partial charge in [0.2, 0.25) is 0 Å². The van der Waals surface area contributed by atoms with Gasteiger partial charge in [0.1, 0.15) is 6.61 Å². The summed E-state index contributed by atoms with van der Waals surface area (Å²) in [7, 11) is 0. The van der Waals surface area contributed by atoms with E-state index in [0.29, 0.717) is 13.1 Å². The molecular weight excluding hydrogens is 204 g/mol. The van der Waals surface area contributed by atoms with Crippen LogP contribution < -0.4 is 5.32 Å². The van der Waals surface area contributed by atoms with Gasteiger partial charge in [-0.3, -0.25) is 0 Å². The van der Waals surface area contributed by atoms with Crippen molar-refractivity contribution in [3.05, 3.63) is 0 Å². The molecule has 0 aliphatic heterocycles. The molecule has 0 aliphatic carbocycles. The highest BCUT2D eigenvalue weighted by atomic mass is 19.3. The Morgan fingerprint density at radius 1 is 1.47 bits per heavy atom. The van der Waals surface area contributed by atoms with Crippen molar-refractivity contribution in [2.24, 2.45) is 5.41 Å². The van der Waals surface area contributed by atoms with Gasteiger partial charge in [-0.25, -0.2) is 8.78 Å². The van der Waals surface area contributed by atoms with E-state index in [1.54, 1.807) is 0 Å². The molecule has 0 amide bonds. The maximum Gasteiger partial charge on any atom is 0.261 e. The molecule has 0 saturated carbocycles. The second-order valence-corrected chi connectivity index (χ2v) is 3.97. The lowest BCUT2D eigenvalue weighted by Gasteiger charge is -2.25. The van der Waals surface area contributed by atoms with E-state index in [1.165, 1.54) is 0 Å². The van der Waals surface area contributed by atoms with Crippen molar-refractivity contribution in [3.63, 3.8) is 0 Å². The van der Waals surface area contributed by atoms with E-state index < -0.39 is 13.0 Å². The Kier molecular flexibility index (Phi) is 7.82. The first-order valence-corrected chi connectivity index (χ1v) is 5.21. The standard InChI is InChI=1S/C10H21F2NO2/c1-3-10(2,8-14)7-13-4-5-15-6-9(11)12/h9,13-14H,3-8H2,1-2H3. The van der Waals surface area contributed by atoms with Crippen LogP contribution in [0.2, 0.25) is 0 Å². The summed E-state index contributed by atoms with van der Waals surface area (Å²) in [4.78, 5) is 0. The second kappa shape index (κ2) is 7.96. The number of nitrogens with one attached hydrogen (secondary N) is 1. The summed E-state index contributed by atoms with van der Waals surface area (Å²) in [5, 5.41) is 12.2. The van der Waals surface area contributed by atoms with Crippen LogP contribution in [0.1, 0.15) is 20.3 Å². The fourth-order valence-corrected chi connectivity index (χ4v) is 1.000. The van der Waals surface area contributed by atoms with Crippen LogP contribution in [-0.2, 0) is 4.74 Å². The topological polar surface area (TPSA) is 41.5 Å². The van der Waals surface area contributed by atoms with Crippen LogP contribution in [0.5, 0.6) is 0 Å². The lowest BCUT2D eigenvalue weighted by atomic mass is 9.89. The Balaban J connectivity index is 3.37. The molecule has 5 heteroatoms. The zero-order chi connectivity index (χ0) is 11.7. The van der Waals surface area contributed by atoms with Gasteiger partial charge in [-0.05, 0) is 6.42 Å². The summed E-state index contributed by atoms with van der Waals surface area (Å²) in [5.74, 6) is 0. The van der Waals surface area contributed by atoms with Crippen molar-refractivity contribution in [2.75, 3.05) is 32.9 Å². The van der Waals surface area contributed by atoms with Gasteiger partial charge < -0.3 is 15.2 Å². The maximum absolute atomic E-state index is 11.7. The SMILES string of the molecule is CCC(C)(CO)CNCCOCC(F)F. The predicted octanol–water partition coefficient (Wildman–Crippen LogP) is 1.27. The highest BCUT2D eigenvalue weighted by Crippen LogP contribution is 2.17. The van der Waals surface area contributed by atoms with Gasteiger partial charge in [-0.2, -0.15) is 0 Å². The molecule has 3 nitrogen and oxygen atoms in total. The van der Waals surface area contributed by atoms with E-state index in [0.717, 1.165) is 6.42 Å². The maximum atomic E-state index is 11.7. The number of halogens is 2. The van der Waals surface area contributed by atoms with Gasteiger partial charge in [0.25, 0.3) is 6.43 Å². The number of alkyl halides is 2. The van der Waals surface area contributed by atoms with Crippen LogP contribution in [0.3, 0.4) is 0 Å². The van der Waals surface area contributed by atoms with Crippen LogP contribution in [0, 0.1) is 5.41 Å². The minimum atomic E-state index is -2.40. The molecule has 0 bridgehead atoms. The van der Waals surface area contributed by atoms with Crippen molar-refractivity contribution in [3.8, 4) is 0 Å². The molecule has 0 aromatic heterocycles. The minimum absolute atomic E-state index is 0.119. The number of aliphatic hydroxyl groups is 1. The van der Waals surface area contributed by atoms with Crippen LogP contribution in [0.25, 0.3) is 0 Å². The van der Waals surface area contributed by atoms with E-state index in [1.807, 2.05) is 13.8 Å². The summed E-state index contributed by atoms with van der Waals surface area (Å²) < 4.78 is 28.0. The largest absolute Gasteiger partial charge is 0.396 e. The molecule has 0 heterocycles. The van der Waals surface area contributed by atoms with Crippen LogP contribution in [-0.4, -0.2) is 44.4 Å². The van der Waals surface area contributed by atoms with Gasteiger partial charge in [0, 0.05) is 25.1 Å². The molecule has 92 valence electrons. The minimum Gasteiger partial charge on any atom is -0.396 e. The average Bonchev–Trinajstić information content (AvgIpc) is 2.22. The molecular formula is C10H21F2NO2. The van der Waals surface area contributed by atoms with Gasteiger partial charge in [-0.15, -0.1) is 0 Å². The summed E-state index contributed by atoms with van der Waals surface area (Å²) in [5.41, 5.74) is -0.136. The normalized spacial score (nSPS) is 15.6. The third-order valence-electron chi connectivity index (χ3n) is 2.45. The number of rotatable bonds is 9. The lowest BCUT2D eigenvalue weighted by Crippen LogP contribution is -2.36. The van der Waals surface area contributed by atoms with Gasteiger partial charge >= 0.3 is 0 Å². The quantitative estimate of drug-likeness (QED) is 0.581. The van der Waals surface area contributed by atoms with Crippen LogP contribution >= 0.6 is 0 Å². The first kappa shape index (κ1) is 14.7. The van der Waals surface area contributed by atoms with Gasteiger partial charge in [0.05, 0.1) is 6.61 Å². The van der Waals surface area contributed by atoms with Gasteiger partial charge in [-0.1, -0.05) is 13.8 Å². The molecule has 0 aromatic carbocycles. The Hall–Kier alpha value is -0.260. The molecule has 0 aromatic rings. The third kappa shape index (κ3) is 7.64. The van der Waals surface area contributed by atoms with E-state index in [-0.39, 0.29) is 18.6 Å². The molecule has 2 N–H and O–H groups in total. The predicted molar refractivity (Wildman–Crippen MR) is 55.2 cm³/mol. The molecule has 0 fully saturated rings. The van der Waals surface area contributed by atoms with E-state index >= 15 is 0 Å². The molecule has 15 heavy (non-hydrogen) atoms. The average molecular weight is 225 g/mol. The fourth-order valence-electron chi connectivity index (χ4n) is 1.000. The van der Waals surface area contributed by atoms with E-state index in [2.05, 4.69) is 5.32 Å². The molecule has 1 unspecified atom stereocenters. The highest BCUT2D eigenvalue weighted by molar-refractivity contribution is 4.73. The molecule has 0 radical (unpaired) electrons. The molecule has 0 rings (SSSR count). The monoisotopic (exact) mass is 225 g/mol. The van der Waals surface area contributed by atoms with Crippen molar-refractivity contribution in [2.45, 2.75) is 26.7 Å². The molecule has 0 saturated heterocycles. The zero-order valence-corrected chi connectivity index (χ0v) is 9.43. The second-order valence-electron chi connectivity index (χ2n) is 3.97. The van der Waals surface area contributed by atoms with E-state index in [9.17, 15) is 8.78 Å². The Bertz CT molecular complexity index is 152. The van der Waals surface area contributed by atoms with Crippen molar-refractivity contribution in [1.29, 1.82) is 0 Å². The summed E-state index contributed by atoms with van der Waals surface area (Å²) in [6.07, 6.45) is -1.53. The fraction of sp³-hybridized carbons (Fsp3) is 1.00. The number of hydrogen-bond acceptors (Lipinski definition) is 3.